The van der Waals surface area contributed by atoms with E-state index in [2.05, 4.69) is 19.8 Å². The van der Waals surface area contributed by atoms with Crippen molar-refractivity contribution in [2.75, 3.05) is 32.5 Å². The Labute approximate surface area is 242 Å². The first-order valence-corrected chi connectivity index (χ1v) is 14.1. The number of piperidine rings is 1. The maximum Gasteiger partial charge on any atom is 0.213 e. The number of ether oxygens (including phenoxy) is 2. The monoisotopic (exact) mass is 576 g/mol. The quantitative estimate of drug-likeness (QED) is 0.332. The number of nitrogens with two attached hydrogens (primary N) is 1. The second-order valence-electron chi connectivity index (χ2n) is 11.2. The highest BCUT2D eigenvalue weighted by molar-refractivity contribution is 5.86. The molecule has 0 spiro atoms. The summed E-state index contributed by atoms with van der Waals surface area (Å²) in [5.41, 5.74) is 8.36. The van der Waals surface area contributed by atoms with Gasteiger partial charge in [-0.2, -0.15) is 4.39 Å². The maximum absolute atomic E-state index is 14.6. The smallest absolute Gasteiger partial charge is 0.213 e. The highest BCUT2D eigenvalue weighted by Gasteiger charge is 2.30. The molecule has 0 amide bonds. The molecule has 1 fully saturated rings. The zero-order valence-corrected chi connectivity index (χ0v) is 23.7. The van der Waals surface area contributed by atoms with E-state index in [1.54, 1.807) is 19.5 Å². The summed E-state index contributed by atoms with van der Waals surface area (Å²) >= 11 is 0. The minimum absolute atomic E-state index is 0.125. The standard InChI is InChI=1S/C31H34F2N6O3/c1-19-18-42-31-28(33)25(32)11-24-29(31)39(19)16-22(30(24)40)15-38(14-20-7-8-35-27(10-20)41-2)23-4-3-9-37(17-23)13-21-5-6-26(34)36-12-21/h5-8,10-12,16,19,23H,3-4,9,13-15,17-18H2,1-2H3,(H2,34,36)/t19?,23-/m0/s1. The van der Waals surface area contributed by atoms with Crippen molar-refractivity contribution < 1.29 is 18.3 Å². The topological polar surface area (TPSA) is 98.7 Å². The molecule has 2 aliphatic rings. The third-order valence-electron chi connectivity index (χ3n) is 8.20. The van der Waals surface area contributed by atoms with Crippen LogP contribution >= 0.6 is 0 Å². The zero-order valence-electron chi connectivity index (χ0n) is 23.7. The summed E-state index contributed by atoms with van der Waals surface area (Å²) in [6.45, 7) is 5.50. The molecule has 11 heteroatoms. The third-order valence-corrected chi connectivity index (χ3v) is 8.20. The van der Waals surface area contributed by atoms with Gasteiger partial charge in [-0.25, -0.2) is 14.4 Å². The van der Waals surface area contributed by atoms with Gasteiger partial charge in [0.1, 0.15) is 12.4 Å². The normalized spacial score (nSPS) is 18.8. The molecule has 1 unspecified atom stereocenters. The van der Waals surface area contributed by atoms with Crippen LogP contribution in [-0.2, 0) is 19.6 Å². The summed E-state index contributed by atoms with van der Waals surface area (Å²) in [4.78, 5) is 27.0. The molecule has 0 bridgehead atoms. The summed E-state index contributed by atoms with van der Waals surface area (Å²) in [7, 11) is 1.58. The second-order valence-corrected chi connectivity index (χ2v) is 11.2. The number of likely N-dealkylation sites (tertiary alicyclic amines) is 1. The van der Waals surface area contributed by atoms with Crippen LogP contribution in [0.1, 0.15) is 42.5 Å². The molecule has 3 aromatic heterocycles. The Morgan fingerprint density at radius 1 is 1.17 bits per heavy atom. The average molecular weight is 577 g/mol. The third kappa shape index (κ3) is 5.54. The van der Waals surface area contributed by atoms with E-state index in [-0.39, 0.29) is 35.3 Å². The highest BCUT2D eigenvalue weighted by Crippen LogP contribution is 2.35. The van der Waals surface area contributed by atoms with Crippen molar-refractivity contribution in [3.8, 4) is 11.6 Å². The molecular weight excluding hydrogens is 542 g/mol. The first-order valence-electron chi connectivity index (χ1n) is 14.1. The van der Waals surface area contributed by atoms with Crippen molar-refractivity contribution in [2.45, 2.75) is 51.5 Å². The van der Waals surface area contributed by atoms with Gasteiger partial charge in [0, 0.05) is 62.4 Å². The lowest BCUT2D eigenvalue weighted by atomic mass is 10.0. The zero-order chi connectivity index (χ0) is 29.4. The Morgan fingerprint density at radius 2 is 2.02 bits per heavy atom. The molecule has 2 N–H and O–H groups in total. The van der Waals surface area contributed by atoms with Gasteiger partial charge in [0.2, 0.25) is 11.7 Å². The first-order chi connectivity index (χ1) is 20.3. The molecular formula is C31H34F2N6O3. The number of anilines is 1. The average Bonchev–Trinajstić information content (AvgIpc) is 2.99. The minimum atomic E-state index is -1.09. The molecule has 1 aromatic carbocycles. The summed E-state index contributed by atoms with van der Waals surface area (Å²) in [5, 5.41) is 0.125. The molecule has 0 aliphatic carbocycles. The largest absolute Gasteiger partial charge is 0.486 e. The predicted octanol–water partition coefficient (Wildman–Crippen LogP) is 4.28. The number of aromatic nitrogens is 3. The lowest BCUT2D eigenvalue weighted by Gasteiger charge is -2.39. The fourth-order valence-corrected chi connectivity index (χ4v) is 6.05. The van der Waals surface area contributed by atoms with E-state index in [0.29, 0.717) is 35.9 Å². The van der Waals surface area contributed by atoms with E-state index in [9.17, 15) is 13.6 Å². The van der Waals surface area contributed by atoms with Crippen LogP contribution in [0.15, 0.2) is 53.7 Å². The van der Waals surface area contributed by atoms with Crippen LogP contribution in [0.3, 0.4) is 0 Å². The second kappa shape index (κ2) is 11.7. The molecule has 42 heavy (non-hydrogen) atoms. The van der Waals surface area contributed by atoms with Crippen LogP contribution in [-0.4, -0.2) is 57.2 Å². The van der Waals surface area contributed by atoms with Gasteiger partial charge < -0.3 is 19.8 Å². The Kier molecular flexibility index (Phi) is 7.78. The fraction of sp³-hybridized carbons (Fsp3) is 0.387. The number of nitrogens with zero attached hydrogens (tertiary/aromatic N) is 5. The van der Waals surface area contributed by atoms with Crippen molar-refractivity contribution in [1.29, 1.82) is 0 Å². The van der Waals surface area contributed by atoms with Gasteiger partial charge in [0.15, 0.2) is 17.0 Å². The molecule has 2 aliphatic heterocycles. The molecule has 2 atom stereocenters. The number of methoxy groups -OCH3 is 1. The molecule has 0 radical (unpaired) electrons. The van der Waals surface area contributed by atoms with Crippen LogP contribution in [0, 0.1) is 11.6 Å². The lowest BCUT2D eigenvalue weighted by molar-refractivity contribution is 0.0816. The van der Waals surface area contributed by atoms with Crippen molar-refractivity contribution in [1.82, 2.24) is 24.3 Å². The Morgan fingerprint density at radius 3 is 2.81 bits per heavy atom. The molecule has 9 nitrogen and oxygen atoms in total. The highest BCUT2D eigenvalue weighted by atomic mass is 19.2. The van der Waals surface area contributed by atoms with Crippen molar-refractivity contribution in [3.63, 3.8) is 0 Å². The van der Waals surface area contributed by atoms with Gasteiger partial charge in [-0.15, -0.1) is 0 Å². The number of halogens is 2. The molecule has 5 heterocycles. The number of hydrogen-bond donors (Lipinski definition) is 1. The maximum atomic E-state index is 14.6. The first kappa shape index (κ1) is 28.0. The van der Waals surface area contributed by atoms with Gasteiger partial charge in [-0.3, -0.25) is 14.6 Å². The molecule has 0 saturated carbocycles. The summed E-state index contributed by atoms with van der Waals surface area (Å²) in [6, 6.07) is 8.63. The van der Waals surface area contributed by atoms with E-state index in [0.717, 1.165) is 49.7 Å². The van der Waals surface area contributed by atoms with E-state index in [1.807, 2.05) is 42.0 Å². The minimum Gasteiger partial charge on any atom is -0.486 e. The van der Waals surface area contributed by atoms with Crippen LogP contribution < -0.4 is 20.6 Å². The Bertz CT molecular complexity index is 1660. The lowest BCUT2D eigenvalue weighted by Crippen LogP contribution is -2.47. The molecule has 4 aromatic rings. The van der Waals surface area contributed by atoms with Crippen LogP contribution in [0.4, 0.5) is 14.6 Å². The van der Waals surface area contributed by atoms with Crippen molar-refractivity contribution in [3.05, 3.63) is 87.5 Å². The van der Waals surface area contributed by atoms with E-state index >= 15 is 0 Å². The van der Waals surface area contributed by atoms with E-state index in [1.165, 1.54) is 0 Å². The van der Waals surface area contributed by atoms with Gasteiger partial charge in [0.05, 0.1) is 24.1 Å². The molecule has 1 saturated heterocycles. The van der Waals surface area contributed by atoms with Gasteiger partial charge in [-0.05, 0) is 55.6 Å². The number of hydrogen-bond acceptors (Lipinski definition) is 8. The van der Waals surface area contributed by atoms with Gasteiger partial charge >= 0.3 is 0 Å². The number of rotatable bonds is 8. The Hall–Kier alpha value is -4.09. The van der Waals surface area contributed by atoms with E-state index in [4.69, 9.17) is 15.2 Å². The van der Waals surface area contributed by atoms with Gasteiger partial charge in [0.25, 0.3) is 0 Å². The fourth-order valence-electron chi connectivity index (χ4n) is 6.05. The Balaban J connectivity index is 1.35. The van der Waals surface area contributed by atoms with Crippen LogP contribution in [0.2, 0.25) is 0 Å². The number of nitrogen functional groups attached to an aromatic ring is 1. The van der Waals surface area contributed by atoms with Crippen molar-refractivity contribution >= 4 is 16.7 Å². The summed E-state index contributed by atoms with van der Waals surface area (Å²) < 4.78 is 41.9. The predicted molar refractivity (Wildman–Crippen MR) is 155 cm³/mol. The number of pyridine rings is 3. The van der Waals surface area contributed by atoms with E-state index < -0.39 is 11.6 Å². The van der Waals surface area contributed by atoms with Crippen molar-refractivity contribution in [2.24, 2.45) is 0 Å². The molecule has 6 rings (SSSR count). The summed E-state index contributed by atoms with van der Waals surface area (Å²) in [5.74, 6) is -1.35. The van der Waals surface area contributed by atoms with Crippen LogP contribution in [0.5, 0.6) is 11.6 Å². The van der Waals surface area contributed by atoms with Crippen LogP contribution in [0.25, 0.3) is 10.9 Å². The van der Waals surface area contributed by atoms with Gasteiger partial charge in [-0.1, -0.05) is 6.07 Å². The SMILES string of the molecule is COc1cc(CN(Cc2cn3c4c(c(F)c(F)cc4c2=O)OCC3C)[C@H]2CCCN(Cc3ccc(N)nc3)C2)ccn1. The molecule has 220 valence electrons. The number of benzene rings is 1. The summed E-state index contributed by atoms with van der Waals surface area (Å²) in [6.07, 6.45) is 7.26.